The van der Waals surface area contributed by atoms with Crippen LogP contribution in [0.4, 0.5) is 0 Å². The van der Waals surface area contributed by atoms with Crippen LogP contribution in [0.3, 0.4) is 0 Å². The molecule has 1 aromatic carbocycles. The number of thiazole rings is 1. The number of hydrogen-bond acceptors (Lipinski definition) is 4. The summed E-state index contributed by atoms with van der Waals surface area (Å²) in [6.07, 6.45) is 4.15. The topological polar surface area (TPSA) is 53.4 Å². The third-order valence-electron chi connectivity index (χ3n) is 5.81. The molecular formula is C20H24N2O2S. The lowest BCUT2D eigenvalue weighted by atomic mass is 10.0. The van der Waals surface area contributed by atoms with Crippen LogP contribution in [-0.2, 0) is 11.2 Å². The van der Waals surface area contributed by atoms with E-state index in [4.69, 9.17) is 0 Å². The van der Waals surface area contributed by atoms with Crippen molar-refractivity contribution in [3.05, 3.63) is 41.4 Å². The molecular weight excluding hydrogens is 332 g/mol. The molecule has 1 N–H and O–H groups in total. The summed E-state index contributed by atoms with van der Waals surface area (Å²) in [6.45, 7) is 0. The van der Waals surface area contributed by atoms with Crippen LogP contribution in [0.15, 0.2) is 35.7 Å². The first-order chi connectivity index (χ1) is 12.1. The number of aliphatic hydroxyl groups is 1. The number of hydrogen-bond donors (Lipinski definition) is 1. The quantitative estimate of drug-likeness (QED) is 0.914. The van der Waals surface area contributed by atoms with E-state index >= 15 is 0 Å². The highest BCUT2D eigenvalue weighted by atomic mass is 32.1. The SMILES string of the molecule is CN(C(=O)Cc1csc(-c2ccccc2)n1)C1C[C@H]2CC(O)C[C@H]2C1. The fourth-order valence-corrected chi connectivity index (χ4v) is 5.28. The summed E-state index contributed by atoms with van der Waals surface area (Å²) in [7, 11) is 1.93. The van der Waals surface area contributed by atoms with Gasteiger partial charge in [-0.05, 0) is 37.5 Å². The molecule has 0 spiro atoms. The molecule has 2 aliphatic carbocycles. The number of nitrogens with zero attached hydrogens (tertiary/aromatic N) is 2. The minimum absolute atomic E-state index is 0.122. The van der Waals surface area contributed by atoms with Crippen LogP contribution in [0, 0.1) is 11.8 Å². The van der Waals surface area contributed by atoms with Crippen molar-refractivity contribution in [2.24, 2.45) is 11.8 Å². The van der Waals surface area contributed by atoms with E-state index in [9.17, 15) is 9.90 Å². The Bertz CT molecular complexity index is 731. The Morgan fingerprint density at radius 2 is 1.88 bits per heavy atom. The Morgan fingerprint density at radius 3 is 2.56 bits per heavy atom. The molecule has 2 unspecified atom stereocenters. The van der Waals surface area contributed by atoms with Gasteiger partial charge in [0.1, 0.15) is 5.01 Å². The lowest BCUT2D eigenvalue weighted by Gasteiger charge is -2.25. The maximum absolute atomic E-state index is 12.7. The molecule has 2 saturated carbocycles. The molecule has 2 aromatic rings. The highest BCUT2D eigenvalue weighted by Crippen LogP contribution is 2.45. The van der Waals surface area contributed by atoms with Crippen molar-refractivity contribution in [3.63, 3.8) is 0 Å². The Kier molecular flexibility index (Phi) is 4.61. The number of aliphatic hydroxyl groups excluding tert-OH is 1. The average Bonchev–Trinajstić information content (AvgIpc) is 3.29. The molecule has 0 radical (unpaired) electrons. The lowest BCUT2D eigenvalue weighted by molar-refractivity contribution is -0.131. The first kappa shape index (κ1) is 16.7. The molecule has 4 atom stereocenters. The summed E-state index contributed by atoms with van der Waals surface area (Å²) in [5.74, 6) is 1.34. The Hall–Kier alpha value is -1.72. The highest BCUT2D eigenvalue weighted by molar-refractivity contribution is 7.13. The molecule has 1 heterocycles. The van der Waals surface area contributed by atoms with Crippen molar-refractivity contribution < 1.29 is 9.90 Å². The van der Waals surface area contributed by atoms with Gasteiger partial charge in [-0.1, -0.05) is 30.3 Å². The van der Waals surface area contributed by atoms with Crippen LogP contribution in [0.5, 0.6) is 0 Å². The summed E-state index contributed by atoms with van der Waals surface area (Å²) in [6, 6.07) is 10.4. The van der Waals surface area contributed by atoms with Crippen molar-refractivity contribution in [2.45, 2.75) is 44.2 Å². The van der Waals surface area contributed by atoms with Crippen molar-refractivity contribution in [1.29, 1.82) is 0 Å². The van der Waals surface area contributed by atoms with Crippen LogP contribution in [0.1, 0.15) is 31.4 Å². The number of carbonyl (C=O) groups is 1. The Labute approximate surface area is 152 Å². The predicted molar refractivity (Wildman–Crippen MR) is 99.3 cm³/mol. The maximum atomic E-state index is 12.7. The van der Waals surface area contributed by atoms with Crippen LogP contribution in [-0.4, -0.2) is 40.1 Å². The molecule has 0 aliphatic heterocycles. The predicted octanol–water partition coefficient (Wildman–Crippen LogP) is 3.36. The van der Waals surface area contributed by atoms with Gasteiger partial charge in [0.05, 0.1) is 18.2 Å². The van der Waals surface area contributed by atoms with Crippen molar-refractivity contribution in [1.82, 2.24) is 9.88 Å². The number of carbonyl (C=O) groups excluding carboxylic acids is 1. The van der Waals surface area contributed by atoms with Crippen molar-refractivity contribution >= 4 is 17.2 Å². The molecule has 2 aliphatic rings. The van der Waals surface area contributed by atoms with Gasteiger partial charge >= 0.3 is 0 Å². The number of fused-ring (bicyclic) bond motifs is 1. The average molecular weight is 356 g/mol. The van der Waals surface area contributed by atoms with E-state index in [0.717, 1.165) is 41.9 Å². The van der Waals surface area contributed by atoms with E-state index in [1.54, 1.807) is 11.3 Å². The Morgan fingerprint density at radius 1 is 1.20 bits per heavy atom. The van der Waals surface area contributed by atoms with Crippen LogP contribution >= 0.6 is 11.3 Å². The van der Waals surface area contributed by atoms with E-state index in [0.29, 0.717) is 24.3 Å². The zero-order valence-corrected chi connectivity index (χ0v) is 15.3. The normalized spacial score (nSPS) is 28.1. The second-order valence-corrected chi connectivity index (χ2v) is 8.32. The van der Waals surface area contributed by atoms with Gasteiger partial charge in [0.25, 0.3) is 0 Å². The highest BCUT2D eigenvalue weighted by Gasteiger charge is 2.43. The van der Waals surface area contributed by atoms with Crippen LogP contribution in [0.25, 0.3) is 10.6 Å². The second-order valence-electron chi connectivity index (χ2n) is 7.46. The third-order valence-corrected chi connectivity index (χ3v) is 6.75. The summed E-state index contributed by atoms with van der Waals surface area (Å²) in [4.78, 5) is 19.2. The molecule has 2 fully saturated rings. The molecule has 0 saturated heterocycles. The minimum Gasteiger partial charge on any atom is -0.393 e. The van der Waals surface area contributed by atoms with Gasteiger partial charge in [-0.3, -0.25) is 4.79 Å². The minimum atomic E-state index is -0.122. The summed E-state index contributed by atoms with van der Waals surface area (Å²) >= 11 is 1.59. The van der Waals surface area contributed by atoms with E-state index in [2.05, 4.69) is 4.98 Å². The zero-order valence-electron chi connectivity index (χ0n) is 14.5. The van der Waals surface area contributed by atoms with Gasteiger partial charge in [-0.25, -0.2) is 4.98 Å². The number of amides is 1. The summed E-state index contributed by atoms with van der Waals surface area (Å²) < 4.78 is 0. The first-order valence-electron chi connectivity index (χ1n) is 9.03. The second kappa shape index (κ2) is 6.89. The van der Waals surface area contributed by atoms with Gasteiger partial charge in [0.15, 0.2) is 0 Å². The summed E-state index contributed by atoms with van der Waals surface area (Å²) in [5, 5.41) is 12.7. The van der Waals surface area contributed by atoms with Crippen molar-refractivity contribution in [3.8, 4) is 10.6 Å². The maximum Gasteiger partial charge on any atom is 0.228 e. The Balaban J connectivity index is 1.37. The summed E-state index contributed by atoms with van der Waals surface area (Å²) in [5.41, 5.74) is 1.95. The van der Waals surface area contributed by atoms with E-state index < -0.39 is 0 Å². The molecule has 5 heteroatoms. The van der Waals surface area contributed by atoms with Gasteiger partial charge in [0.2, 0.25) is 5.91 Å². The first-order valence-corrected chi connectivity index (χ1v) is 9.91. The number of benzene rings is 1. The van der Waals surface area contributed by atoms with E-state index in [1.807, 2.05) is 47.7 Å². The molecule has 0 bridgehead atoms. The largest absolute Gasteiger partial charge is 0.393 e. The van der Waals surface area contributed by atoms with E-state index in [1.165, 1.54) is 0 Å². The lowest BCUT2D eigenvalue weighted by Crippen LogP contribution is -2.37. The fraction of sp³-hybridized carbons (Fsp3) is 0.500. The number of rotatable bonds is 4. The molecule has 132 valence electrons. The van der Waals surface area contributed by atoms with Crippen LogP contribution in [0.2, 0.25) is 0 Å². The van der Waals surface area contributed by atoms with Gasteiger partial charge < -0.3 is 10.0 Å². The number of aromatic nitrogens is 1. The van der Waals surface area contributed by atoms with Crippen molar-refractivity contribution in [2.75, 3.05) is 7.05 Å². The van der Waals surface area contributed by atoms with Gasteiger partial charge in [-0.15, -0.1) is 11.3 Å². The number of likely N-dealkylation sites (N-methyl/N-ethyl adjacent to an activating group) is 1. The molecule has 1 amide bonds. The monoisotopic (exact) mass is 356 g/mol. The molecule has 4 nitrogen and oxygen atoms in total. The molecule has 4 rings (SSSR count). The smallest absolute Gasteiger partial charge is 0.228 e. The zero-order chi connectivity index (χ0) is 17.4. The fourth-order valence-electron chi connectivity index (χ4n) is 4.45. The van der Waals surface area contributed by atoms with E-state index in [-0.39, 0.29) is 12.0 Å². The molecule has 25 heavy (non-hydrogen) atoms. The van der Waals surface area contributed by atoms with Crippen LogP contribution < -0.4 is 0 Å². The molecule has 1 aromatic heterocycles. The third kappa shape index (κ3) is 3.48. The van der Waals surface area contributed by atoms with Gasteiger partial charge in [-0.2, -0.15) is 0 Å². The standard InChI is InChI=1S/C20H24N2O2S/c1-22(17-7-14-9-18(23)10-15(14)8-17)19(24)11-16-12-25-20(21-16)13-5-3-2-4-6-13/h2-6,12,14-15,17-18,23H,7-11H2,1H3/t14-,15+,17?,18?. The van der Waals surface area contributed by atoms with Gasteiger partial charge in [0, 0.05) is 24.0 Å².